The second-order valence-corrected chi connectivity index (χ2v) is 4.57. The van der Waals surface area contributed by atoms with E-state index in [1.165, 1.54) is 5.56 Å². The van der Waals surface area contributed by atoms with Gasteiger partial charge in [0, 0.05) is 5.25 Å². The topological polar surface area (TPSA) is 9.23 Å². The van der Waals surface area contributed by atoms with Crippen molar-refractivity contribution in [3.05, 3.63) is 35.9 Å². The van der Waals surface area contributed by atoms with Crippen LogP contribution in [0.5, 0.6) is 0 Å². The lowest BCUT2D eigenvalue weighted by Gasteiger charge is -2.10. The molecule has 0 aromatic heterocycles. The Balaban J connectivity index is 2.59. The summed E-state index contributed by atoms with van der Waals surface area (Å²) < 4.78 is 5.53. The summed E-state index contributed by atoms with van der Waals surface area (Å²) in [5.41, 5.74) is 1.27. The first-order valence-electron chi connectivity index (χ1n) is 4.03. The summed E-state index contributed by atoms with van der Waals surface area (Å²) in [6.45, 7) is 2.12. The maximum Gasteiger partial charge on any atom is 0.220 e. The van der Waals surface area contributed by atoms with Crippen LogP contribution in [0.2, 0.25) is 0 Å². The zero-order chi connectivity index (χ0) is 9.68. The van der Waals surface area contributed by atoms with E-state index in [0.29, 0.717) is 9.63 Å². The van der Waals surface area contributed by atoms with Crippen LogP contribution in [0, 0.1) is 0 Å². The van der Waals surface area contributed by atoms with E-state index in [1.807, 2.05) is 18.2 Å². The first kappa shape index (κ1) is 10.5. The van der Waals surface area contributed by atoms with Crippen molar-refractivity contribution in [1.29, 1.82) is 0 Å². The van der Waals surface area contributed by atoms with Gasteiger partial charge in [0.2, 0.25) is 4.38 Å². The molecule has 1 atom stereocenters. The molecule has 70 valence electrons. The Hall–Kier alpha value is -0.540. The van der Waals surface area contributed by atoms with Crippen molar-refractivity contribution in [3.8, 4) is 0 Å². The second-order valence-electron chi connectivity index (χ2n) is 2.62. The van der Waals surface area contributed by atoms with Crippen molar-refractivity contribution in [1.82, 2.24) is 0 Å². The number of thioether (sulfide) groups is 1. The quantitative estimate of drug-likeness (QED) is 0.695. The van der Waals surface area contributed by atoms with Gasteiger partial charge in [-0.2, -0.15) is 0 Å². The first-order valence-corrected chi connectivity index (χ1v) is 5.32. The number of hydrogen-bond acceptors (Lipinski definition) is 3. The molecular weight excluding hydrogens is 200 g/mol. The lowest BCUT2D eigenvalue weighted by Crippen LogP contribution is -1.95. The van der Waals surface area contributed by atoms with Crippen LogP contribution >= 0.6 is 24.0 Å². The number of methoxy groups -OCH3 is 1. The highest BCUT2D eigenvalue weighted by atomic mass is 32.2. The highest BCUT2D eigenvalue weighted by Gasteiger charge is 2.08. The molecule has 3 heteroatoms. The largest absolute Gasteiger partial charge is 0.482 e. The lowest BCUT2D eigenvalue weighted by molar-refractivity contribution is 0.426. The summed E-state index contributed by atoms with van der Waals surface area (Å²) in [5, 5.41) is 0.355. The Kier molecular flexibility index (Phi) is 4.25. The Labute approximate surface area is 88.5 Å². The molecule has 1 nitrogen and oxygen atoms in total. The smallest absolute Gasteiger partial charge is 0.220 e. The molecule has 0 aliphatic heterocycles. The minimum Gasteiger partial charge on any atom is -0.482 e. The Morgan fingerprint density at radius 1 is 1.38 bits per heavy atom. The van der Waals surface area contributed by atoms with Gasteiger partial charge in [0.15, 0.2) is 0 Å². The third kappa shape index (κ3) is 3.36. The van der Waals surface area contributed by atoms with Crippen LogP contribution in [0.1, 0.15) is 17.7 Å². The monoisotopic (exact) mass is 212 g/mol. The van der Waals surface area contributed by atoms with Gasteiger partial charge in [-0.05, 0) is 24.7 Å². The van der Waals surface area contributed by atoms with Crippen molar-refractivity contribution < 1.29 is 4.74 Å². The highest BCUT2D eigenvalue weighted by Crippen LogP contribution is 2.28. The molecule has 1 aromatic rings. The number of benzene rings is 1. The summed E-state index contributed by atoms with van der Waals surface area (Å²) in [6, 6.07) is 10.3. The van der Waals surface area contributed by atoms with Gasteiger partial charge in [-0.25, -0.2) is 0 Å². The molecule has 13 heavy (non-hydrogen) atoms. The average Bonchev–Trinajstić information content (AvgIpc) is 2.19. The molecule has 0 spiro atoms. The number of rotatable bonds is 2. The van der Waals surface area contributed by atoms with E-state index in [4.69, 9.17) is 17.0 Å². The van der Waals surface area contributed by atoms with Crippen molar-refractivity contribution in [2.75, 3.05) is 7.11 Å². The van der Waals surface area contributed by atoms with Crippen LogP contribution in [0.15, 0.2) is 30.3 Å². The summed E-state index contributed by atoms with van der Waals surface area (Å²) in [4.78, 5) is 0. The molecule has 0 radical (unpaired) electrons. The summed E-state index contributed by atoms with van der Waals surface area (Å²) >= 11 is 6.53. The van der Waals surface area contributed by atoms with E-state index in [9.17, 15) is 0 Å². The van der Waals surface area contributed by atoms with E-state index >= 15 is 0 Å². The lowest BCUT2D eigenvalue weighted by atomic mass is 10.2. The minimum absolute atomic E-state index is 0.355. The molecule has 0 aliphatic rings. The van der Waals surface area contributed by atoms with Gasteiger partial charge in [-0.3, -0.25) is 0 Å². The van der Waals surface area contributed by atoms with Crippen molar-refractivity contribution >= 4 is 28.4 Å². The third-order valence-corrected chi connectivity index (χ3v) is 3.15. The summed E-state index contributed by atoms with van der Waals surface area (Å²) in [7, 11) is 1.60. The van der Waals surface area contributed by atoms with Gasteiger partial charge < -0.3 is 4.74 Å². The molecule has 0 amide bonds. The predicted octanol–water partition coefficient (Wildman–Crippen LogP) is 3.41. The van der Waals surface area contributed by atoms with Crippen LogP contribution in [-0.2, 0) is 4.74 Å². The molecule has 0 aliphatic carbocycles. The second kappa shape index (κ2) is 5.25. The fourth-order valence-corrected chi connectivity index (χ4v) is 2.10. The Morgan fingerprint density at radius 3 is 2.54 bits per heavy atom. The van der Waals surface area contributed by atoms with Crippen LogP contribution in [0.25, 0.3) is 0 Å². The first-order chi connectivity index (χ1) is 6.24. The van der Waals surface area contributed by atoms with E-state index < -0.39 is 0 Å². The van der Waals surface area contributed by atoms with Gasteiger partial charge in [0.1, 0.15) is 0 Å². The molecule has 0 fully saturated rings. The fourth-order valence-electron chi connectivity index (χ4n) is 0.985. The summed E-state index contributed by atoms with van der Waals surface area (Å²) in [6.07, 6.45) is 0. The zero-order valence-electron chi connectivity index (χ0n) is 7.69. The number of thiocarbonyl (C=S) groups is 1. The maximum atomic E-state index is 4.97. The van der Waals surface area contributed by atoms with Crippen molar-refractivity contribution in [2.45, 2.75) is 12.2 Å². The van der Waals surface area contributed by atoms with Crippen LogP contribution in [0.3, 0.4) is 0 Å². The number of ether oxygens (including phenoxy) is 1. The van der Waals surface area contributed by atoms with Crippen molar-refractivity contribution in [3.63, 3.8) is 0 Å². The average molecular weight is 212 g/mol. The van der Waals surface area contributed by atoms with Crippen LogP contribution in [0.4, 0.5) is 0 Å². The number of hydrogen-bond donors (Lipinski definition) is 0. The Bertz CT molecular complexity index is 272. The van der Waals surface area contributed by atoms with Crippen LogP contribution < -0.4 is 0 Å². The van der Waals surface area contributed by atoms with Crippen LogP contribution in [-0.4, -0.2) is 11.5 Å². The van der Waals surface area contributed by atoms with E-state index in [1.54, 1.807) is 18.9 Å². The normalized spacial score (nSPS) is 12.2. The molecule has 0 N–H and O–H groups in total. The maximum absolute atomic E-state index is 4.97. The molecular formula is C10H12OS2. The van der Waals surface area contributed by atoms with Gasteiger partial charge in [0.25, 0.3) is 0 Å². The van der Waals surface area contributed by atoms with Crippen molar-refractivity contribution in [2.24, 2.45) is 0 Å². The van der Waals surface area contributed by atoms with E-state index in [-0.39, 0.29) is 0 Å². The standard InChI is InChI=1S/C10H12OS2/c1-8(13-10(12)11-2)9-6-4-3-5-7-9/h3-8H,1-2H3. The van der Waals surface area contributed by atoms with Gasteiger partial charge in [-0.1, -0.05) is 42.1 Å². The predicted molar refractivity (Wildman–Crippen MR) is 62.1 cm³/mol. The Morgan fingerprint density at radius 2 is 2.00 bits per heavy atom. The van der Waals surface area contributed by atoms with Gasteiger partial charge >= 0.3 is 0 Å². The zero-order valence-corrected chi connectivity index (χ0v) is 9.32. The molecule has 0 bridgehead atoms. The van der Waals surface area contributed by atoms with Gasteiger partial charge in [-0.15, -0.1) is 0 Å². The minimum atomic E-state index is 0.355. The molecule has 1 rings (SSSR count). The fraction of sp³-hybridized carbons (Fsp3) is 0.300. The van der Waals surface area contributed by atoms with E-state index in [2.05, 4.69) is 19.1 Å². The van der Waals surface area contributed by atoms with Gasteiger partial charge in [0.05, 0.1) is 7.11 Å². The third-order valence-electron chi connectivity index (χ3n) is 1.71. The highest BCUT2D eigenvalue weighted by molar-refractivity contribution is 8.22. The molecule has 0 saturated heterocycles. The summed E-state index contributed by atoms with van der Waals surface area (Å²) in [5.74, 6) is 0. The molecule has 0 heterocycles. The molecule has 1 unspecified atom stereocenters. The van der Waals surface area contributed by atoms with E-state index in [0.717, 1.165) is 0 Å². The SMILES string of the molecule is COC(=S)SC(C)c1ccccc1. The molecule has 1 aromatic carbocycles. The molecule has 0 saturated carbocycles.